The van der Waals surface area contributed by atoms with E-state index in [4.69, 9.17) is 0 Å². The van der Waals surface area contributed by atoms with E-state index < -0.39 is 48.1 Å². The van der Waals surface area contributed by atoms with Crippen LogP contribution in [0.5, 0.6) is 0 Å². The third-order valence-corrected chi connectivity index (χ3v) is 5.36. The van der Waals surface area contributed by atoms with E-state index >= 15 is 0 Å². The zero-order valence-corrected chi connectivity index (χ0v) is 20.8. The van der Waals surface area contributed by atoms with Crippen LogP contribution in [0.3, 0.4) is 0 Å². The summed E-state index contributed by atoms with van der Waals surface area (Å²) in [4.78, 5) is 49.5. The lowest BCUT2D eigenvalue weighted by Gasteiger charge is -2.26. The average Bonchev–Trinajstić information content (AvgIpc) is 2.79. The Balaban J connectivity index is 2.81. The van der Waals surface area contributed by atoms with Crippen molar-refractivity contribution in [3.8, 4) is 0 Å². The maximum absolute atomic E-state index is 12.9. The van der Waals surface area contributed by atoms with Gasteiger partial charge in [-0.05, 0) is 33.1 Å². The fraction of sp³-hybridized carbons (Fsp3) is 0.600. The normalized spacial score (nSPS) is 23.6. The molecule has 0 spiro atoms. The highest BCUT2D eigenvalue weighted by atomic mass is 16.3. The number of carbonyl (C=O) groups is 4. The van der Waals surface area contributed by atoms with Crippen LogP contribution in [0.15, 0.2) is 36.5 Å². The third-order valence-electron chi connectivity index (χ3n) is 5.36. The highest BCUT2D eigenvalue weighted by molar-refractivity contribution is 5.95. The van der Waals surface area contributed by atoms with Crippen molar-refractivity contribution in [2.75, 3.05) is 6.54 Å². The van der Waals surface area contributed by atoms with Gasteiger partial charge < -0.3 is 31.5 Å². The van der Waals surface area contributed by atoms with Crippen LogP contribution in [-0.4, -0.2) is 70.7 Å². The number of carbonyl (C=O) groups excluding carboxylic acids is 4. The van der Waals surface area contributed by atoms with Gasteiger partial charge in [-0.25, -0.2) is 0 Å². The van der Waals surface area contributed by atoms with Gasteiger partial charge in [0.2, 0.25) is 23.6 Å². The molecule has 6 N–H and O–H groups in total. The lowest BCUT2D eigenvalue weighted by Crippen LogP contribution is -2.58. The number of rotatable bonds is 10. The molecule has 0 saturated carbocycles. The van der Waals surface area contributed by atoms with Crippen molar-refractivity contribution in [1.82, 2.24) is 21.3 Å². The monoisotopic (exact) mass is 492 g/mol. The maximum atomic E-state index is 12.9. The molecule has 10 nitrogen and oxygen atoms in total. The van der Waals surface area contributed by atoms with Gasteiger partial charge >= 0.3 is 0 Å². The summed E-state index contributed by atoms with van der Waals surface area (Å²) in [5.41, 5.74) is 0. The Labute approximate surface area is 207 Å². The molecule has 5 atom stereocenters. The minimum Gasteiger partial charge on any atom is -0.393 e. The lowest BCUT2D eigenvalue weighted by atomic mass is 10.0. The van der Waals surface area contributed by atoms with E-state index in [0.717, 1.165) is 25.7 Å². The van der Waals surface area contributed by atoms with E-state index in [9.17, 15) is 29.4 Å². The molecule has 0 fully saturated rings. The Morgan fingerprint density at radius 1 is 1.26 bits per heavy atom. The van der Waals surface area contributed by atoms with Crippen LogP contribution in [0, 0.1) is 0 Å². The second kappa shape index (κ2) is 16.6. The first kappa shape index (κ1) is 30.1. The van der Waals surface area contributed by atoms with Gasteiger partial charge in [0.05, 0.1) is 12.2 Å². The molecule has 0 saturated heterocycles. The largest absolute Gasteiger partial charge is 0.393 e. The van der Waals surface area contributed by atoms with Crippen molar-refractivity contribution in [3.05, 3.63) is 36.5 Å². The summed E-state index contributed by atoms with van der Waals surface area (Å²) in [5, 5.41) is 30.6. The highest BCUT2D eigenvalue weighted by Crippen LogP contribution is 2.06. The number of aliphatic hydroxyl groups is 2. The highest BCUT2D eigenvalue weighted by Gasteiger charge is 2.31. The molecule has 0 radical (unpaired) electrons. The number of allylic oxidation sites excluding steroid dienone is 3. The quantitative estimate of drug-likeness (QED) is 0.147. The summed E-state index contributed by atoms with van der Waals surface area (Å²) in [7, 11) is 0. The second-order valence-corrected chi connectivity index (χ2v) is 8.70. The predicted octanol–water partition coefficient (Wildman–Crippen LogP) is 0.361. The molecule has 0 bridgehead atoms. The molecular formula is C25H40N4O6. The van der Waals surface area contributed by atoms with Gasteiger partial charge in [-0.3, -0.25) is 19.2 Å². The van der Waals surface area contributed by atoms with Crippen molar-refractivity contribution in [2.24, 2.45) is 0 Å². The van der Waals surface area contributed by atoms with Crippen LogP contribution in [-0.2, 0) is 19.2 Å². The fourth-order valence-electron chi connectivity index (χ4n) is 3.35. The Morgan fingerprint density at radius 3 is 2.69 bits per heavy atom. The minimum absolute atomic E-state index is 0.104. The van der Waals surface area contributed by atoms with Crippen LogP contribution in [0.25, 0.3) is 0 Å². The van der Waals surface area contributed by atoms with E-state index in [2.05, 4.69) is 28.2 Å². The van der Waals surface area contributed by atoms with Crippen molar-refractivity contribution in [3.63, 3.8) is 0 Å². The summed E-state index contributed by atoms with van der Waals surface area (Å²) in [5.74, 6) is -2.21. The smallest absolute Gasteiger partial charge is 0.245 e. The summed E-state index contributed by atoms with van der Waals surface area (Å²) in [6, 6.07) is -2.91. The molecule has 35 heavy (non-hydrogen) atoms. The molecule has 0 aliphatic carbocycles. The summed E-state index contributed by atoms with van der Waals surface area (Å²) < 4.78 is 0. The van der Waals surface area contributed by atoms with Crippen LogP contribution in [0.2, 0.25) is 0 Å². The second-order valence-electron chi connectivity index (χ2n) is 8.70. The SMILES string of the molecule is CCCCCC=CC=CC(=O)NC(C(=O)NC1CC(O)CCNC(=O)C=CC(C)NC1=O)C(C)O. The van der Waals surface area contributed by atoms with Gasteiger partial charge in [0.1, 0.15) is 12.1 Å². The van der Waals surface area contributed by atoms with Crippen LogP contribution < -0.4 is 21.3 Å². The molecule has 1 aliphatic heterocycles. The van der Waals surface area contributed by atoms with Gasteiger partial charge in [-0.15, -0.1) is 0 Å². The van der Waals surface area contributed by atoms with Gasteiger partial charge in [0.15, 0.2) is 0 Å². The first-order valence-electron chi connectivity index (χ1n) is 12.2. The molecule has 1 rings (SSSR count). The molecule has 1 aliphatic rings. The standard InChI is InChI=1S/C25H40N4O6/c1-4-5-6-7-8-9-10-11-22(33)29-23(18(3)30)25(35)28-20-16-19(31)14-15-26-21(32)13-12-17(2)27-24(20)34/h8-13,17-20,23,30-31H,4-7,14-16H2,1-3H3,(H,26,32)(H,27,34)(H,28,35)(H,29,33). The zero-order valence-electron chi connectivity index (χ0n) is 20.8. The van der Waals surface area contributed by atoms with Gasteiger partial charge in [-0.1, -0.05) is 44.1 Å². The molecule has 1 heterocycles. The van der Waals surface area contributed by atoms with Gasteiger partial charge in [0, 0.05) is 31.2 Å². The van der Waals surface area contributed by atoms with Crippen molar-refractivity contribution >= 4 is 23.6 Å². The lowest BCUT2D eigenvalue weighted by molar-refractivity contribution is -0.134. The number of hydrogen-bond donors (Lipinski definition) is 6. The molecule has 0 aromatic heterocycles. The number of hydrogen-bond acceptors (Lipinski definition) is 6. The van der Waals surface area contributed by atoms with E-state index in [1.807, 2.05) is 6.08 Å². The Hall–Kier alpha value is -2.98. The van der Waals surface area contributed by atoms with Crippen molar-refractivity contribution in [1.29, 1.82) is 0 Å². The number of nitrogens with one attached hydrogen (secondary N) is 4. The van der Waals surface area contributed by atoms with Gasteiger partial charge in [0.25, 0.3) is 0 Å². The van der Waals surface area contributed by atoms with Crippen LogP contribution in [0.1, 0.15) is 59.3 Å². The van der Waals surface area contributed by atoms with Crippen molar-refractivity contribution in [2.45, 2.75) is 89.6 Å². The minimum atomic E-state index is -1.30. The molecule has 196 valence electrons. The zero-order chi connectivity index (χ0) is 26.2. The maximum Gasteiger partial charge on any atom is 0.245 e. The molecule has 10 heteroatoms. The molecule has 0 aromatic rings. The Kier molecular flexibility index (Phi) is 14.3. The first-order valence-corrected chi connectivity index (χ1v) is 12.2. The van der Waals surface area contributed by atoms with Crippen LogP contribution >= 0.6 is 0 Å². The summed E-state index contributed by atoms with van der Waals surface area (Å²) in [6.45, 7) is 5.34. The van der Waals surface area contributed by atoms with Gasteiger partial charge in [-0.2, -0.15) is 0 Å². The Morgan fingerprint density at radius 2 is 2.00 bits per heavy atom. The molecule has 4 amide bonds. The number of aliphatic hydroxyl groups excluding tert-OH is 2. The third kappa shape index (κ3) is 12.9. The van der Waals surface area contributed by atoms with E-state index in [-0.39, 0.29) is 25.3 Å². The molecule has 0 aromatic carbocycles. The number of amides is 4. The fourth-order valence-corrected chi connectivity index (χ4v) is 3.35. The topological polar surface area (TPSA) is 157 Å². The van der Waals surface area contributed by atoms with Crippen LogP contribution in [0.4, 0.5) is 0 Å². The number of unbranched alkanes of at least 4 members (excludes halogenated alkanes) is 3. The first-order chi connectivity index (χ1) is 16.6. The Bertz CT molecular complexity index is 793. The van der Waals surface area contributed by atoms with E-state index in [1.165, 1.54) is 25.2 Å². The average molecular weight is 493 g/mol. The summed E-state index contributed by atoms with van der Waals surface area (Å²) in [6.07, 6.45) is 11.4. The predicted molar refractivity (Wildman–Crippen MR) is 133 cm³/mol. The molecule has 5 unspecified atom stereocenters. The molecular weight excluding hydrogens is 452 g/mol. The summed E-state index contributed by atoms with van der Waals surface area (Å²) >= 11 is 0. The van der Waals surface area contributed by atoms with Crippen molar-refractivity contribution < 1.29 is 29.4 Å². The van der Waals surface area contributed by atoms with E-state index in [1.54, 1.807) is 19.1 Å². The van der Waals surface area contributed by atoms with E-state index in [0.29, 0.717) is 0 Å².